The molecular weight excluding hydrogens is 198 g/mol. The van der Waals surface area contributed by atoms with Gasteiger partial charge < -0.3 is 0 Å². The summed E-state index contributed by atoms with van der Waals surface area (Å²) < 4.78 is 1.85. The van der Waals surface area contributed by atoms with Crippen molar-refractivity contribution in [2.75, 3.05) is 0 Å². The molecule has 0 atom stereocenters. The van der Waals surface area contributed by atoms with Gasteiger partial charge in [-0.05, 0) is 6.07 Å². The molecule has 80 valence electrons. The Labute approximate surface area is 94.9 Å². The van der Waals surface area contributed by atoms with Gasteiger partial charge in [-0.1, -0.05) is 30.3 Å². The SMILES string of the molecule is Cn1nc(-c2ccccc2)cc1CCC#N. The molecule has 0 aliphatic heterocycles. The van der Waals surface area contributed by atoms with E-state index < -0.39 is 0 Å². The molecule has 1 heterocycles. The minimum absolute atomic E-state index is 0.535. The van der Waals surface area contributed by atoms with Gasteiger partial charge in [0.15, 0.2) is 0 Å². The fraction of sp³-hybridized carbons (Fsp3) is 0.231. The van der Waals surface area contributed by atoms with Crippen LogP contribution in [0, 0.1) is 11.3 Å². The first-order valence-electron chi connectivity index (χ1n) is 5.26. The van der Waals surface area contributed by atoms with Gasteiger partial charge in [0.05, 0.1) is 11.8 Å². The van der Waals surface area contributed by atoms with E-state index >= 15 is 0 Å². The van der Waals surface area contributed by atoms with E-state index in [0.717, 1.165) is 23.4 Å². The lowest BCUT2D eigenvalue weighted by Crippen LogP contribution is -1.97. The van der Waals surface area contributed by atoms with Gasteiger partial charge in [0.1, 0.15) is 0 Å². The quantitative estimate of drug-likeness (QED) is 0.782. The van der Waals surface area contributed by atoms with Crippen molar-refractivity contribution in [1.29, 1.82) is 5.26 Å². The molecule has 3 heteroatoms. The van der Waals surface area contributed by atoms with E-state index in [9.17, 15) is 0 Å². The van der Waals surface area contributed by atoms with Crippen molar-refractivity contribution in [3.8, 4) is 17.3 Å². The second-order valence-corrected chi connectivity index (χ2v) is 3.67. The molecule has 2 aromatic rings. The number of hydrogen-bond donors (Lipinski definition) is 0. The number of aryl methyl sites for hydroxylation is 2. The summed E-state index contributed by atoms with van der Waals surface area (Å²) in [5, 5.41) is 13.0. The van der Waals surface area contributed by atoms with Crippen LogP contribution in [-0.4, -0.2) is 9.78 Å². The third-order valence-electron chi connectivity index (χ3n) is 2.54. The van der Waals surface area contributed by atoms with Crippen LogP contribution in [0.3, 0.4) is 0 Å². The van der Waals surface area contributed by atoms with Crippen LogP contribution in [0.2, 0.25) is 0 Å². The lowest BCUT2D eigenvalue weighted by Gasteiger charge is -1.95. The molecule has 0 N–H and O–H groups in total. The van der Waals surface area contributed by atoms with Crippen LogP contribution in [0.15, 0.2) is 36.4 Å². The zero-order valence-corrected chi connectivity index (χ0v) is 9.22. The maximum absolute atomic E-state index is 8.56. The number of nitrogens with zero attached hydrogens (tertiary/aromatic N) is 3. The van der Waals surface area contributed by atoms with Gasteiger partial charge in [-0.25, -0.2) is 0 Å². The standard InChI is InChI=1S/C13H13N3/c1-16-12(8-5-9-14)10-13(15-16)11-6-3-2-4-7-11/h2-4,6-7,10H,5,8H2,1H3. The minimum Gasteiger partial charge on any atom is -0.272 e. The summed E-state index contributed by atoms with van der Waals surface area (Å²) >= 11 is 0. The molecule has 0 aliphatic carbocycles. The van der Waals surface area contributed by atoms with Crippen molar-refractivity contribution in [1.82, 2.24) is 9.78 Å². The van der Waals surface area contributed by atoms with E-state index in [2.05, 4.69) is 11.2 Å². The van der Waals surface area contributed by atoms with Gasteiger partial charge in [0.2, 0.25) is 0 Å². The van der Waals surface area contributed by atoms with Gasteiger partial charge in [0, 0.05) is 31.1 Å². The monoisotopic (exact) mass is 211 g/mol. The van der Waals surface area contributed by atoms with E-state index in [-0.39, 0.29) is 0 Å². The Morgan fingerprint density at radius 2 is 2.06 bits per heavy atom. The van der Waals surface area contributed by atoms with Gasteiger partial charge in [-0.3, -0.25) is 4.68 Å². The predicted molar refractivity (Wildman–Crippen MR) is 62.6 cm³/mol. The maximum atomic E-state index is 8.56. The Bertz CT molecular complexity index is 506. The zero-order valence-electron chi connectivity index (χ0n) is 9.22. The van der Waals surface area contributed by atoms with Crippen LogP contribution in [0.25, 0.3) is 11.3 Å². The summed E-state index contributed by atoms with van der Waals surface area (Å²) in [4.78, 5) is 0. The Hall–Kier alpha value is -2.08. The topological polar surface area (TPSA) is 41.6 Å². The average molecular weight is 211 g/mol. The molecule has 1 aromatic carbocycles. The highest BCUT2D eigenvalue weighted by atomic mass is 15.3. The molecule has 0 aliphatic rings. The first-order chi connectivity index (χ1) is 7.81. The second kappa shape index (κ2) is 4.63. The van der Waals surface area contributed by atoms with Crippen LogP contribution in [0.5, 0.6) is 0 Å². The van der Waals surface area contributed by atoms with Crippen molar-refractivity contribution in [3.05, 3.63) is 42.1 Å². The largest absolute Gasteiger partial charge is 0.272 e. The normalized spacial score (nSPS) is 10.0. The molecular formula is C13H13N3. The number of nitriles is 1. The molecule has 0 saturated heterocycles. The Morgan fingerprint density at radius 1 is 1.31 bits per heavy atom. The molecule has 3 nitrogen and oxygen atoms in total. The summed E-state index contributed by atoms with van der Waals surface area (Å²) in [5.41, 5.74) is 3.18. The zero-order chi connectivity index (χ0) is 11.4. The lowest BCUT2D eigenvalue weighted by atomic mass is 10.1. The average Bonchev–Trinajstić information content (AvgIpc) is 2.69. The van der Waals surface area contributed by atoms with Crippen LogP contribution in [0.4, 0.5) is 0 Å². The summed E-state index contributed by atoms with van der Waals surface area (Å²) in [7, 11) is 1.92. The van der Waals surface area contributed by atoms with Crippen molar-refractivity contribution < 1.29 is 0 Å². The Kier molecular flexibility index (Phi) is 3.02. The summed E-state index contributed by atoms with van der Waals surface area (Å²) in [6.45, 7) is 0. The molecule has 0 amide bonds. The minimum atomic E-state index is 0.535. The molecule has 2 rings (SSSR count). The van der Waals surface area contributed by atoms with E-state index in [0.29, 0.717) is 6.42 Å². The number of benzene rings is 1. The van der Waals surface area contributed by atoms with Gasteiger partial charge in [-0.2, -0.15) is 10.4 Å². The highest BCUT2D eigenvalue weighted by Crippen LogP contribution is 2.18. The molecule has 0 saturated carbocycles. The van der Waals surface area contributed by atoms with Crippen LogP contribution in [-0.2, 0) is 13.5 Å². The van der Waals surface area contributed by atoms with Gasteiger partial charge >= 0.3 is 0 Å². The van der Waals surface area contributed by atoms with E-state index in [4.69, 9.17) is 5.26 Å². The van der Waals surface area contributed by atoms with Gasteiger partial charge in [0.25, 0.3) is 0 Å². The van der Waals surface area contributed by atoms with Crippen LogP contribution >= 0.6 is 0 Å². The van der Waals surface area contributed by atoms with Crippen LogP contribution in [0.1, 0.15) is 12.1 Å². The fourth-order valence-electron chi connectivity index (χ4n) is 1.67. The number of aromatic nitrogens is 2. The number of rotatable bonds is 3. The van der Waals surface area contributed by atoms with Crippen LogP contribution < -0.4 is 0 Å². The van der Waals surface area contributed by atoms with E-state index in [1.54, 1.807) is 0 Å². The number of hydrogen-bond acceptors (Lipinski definition) is 2. The summed E-state index contributed by atoms with van der Waals surface area (Å²) in [5.74, 6) is 0. The fourth-order valence-corrected chi connectivity index (χ4v) is 1.67. The van der Waals surface area contributed by atoms with Gasteiger partial charge in [-0.15, -0.1) is 0 Å². The maximum Gasteiger partial charge on any atom is 0.0925 e. The Balaban J connectivity index is 2.28. The molecule has 1 aromatic heterocycles. The molecule has 0 bridgehead atoms. The highest BCUT2D eigenvalue weighted by Gasteiger charge is 2.06. The third kappa shape index (κ3) is 2.12. The second-order valence-electron chi connectivity index (χ2n) is 3.67. The predicted octanol–water partition coefficient (Wildman–Crippen LogP) is 2.54. The molecule has 0 unspecified atom stereocenters. The smallest absolute Gasteiger partial charge is 0.0925 e. The molecule has 0 spiro atoms. The van der Waals surface area contributed by atoms with E-state index in [1.807, 2.05) is 48.1 Å². The first-order valence-corrected chi connectivity index (χ1v) is 5.26. The van der Waals surface area contributed by atoms with Crippen molar-refractivity contribution >= 4 is 0 Å². The van der Waals surface area contributed by atoms with Crippen molar-refractivity contribution in [3.63, 3.8) is 0 Å². The molecule has 0 radical (unpaired) electrons. The highest BCUT2D eigenvalue weighted by molar-refractivity contribution is 5.59. The Morgan fingerprint density at radius 3 is 2.75 bits per heavy atom. The molecule has 0 fully saturated rings. The summed E-state index contributed by atoms with van der Waals surface area (Å²) in [6.07, 6.45) is 1.29. The van der Waals surface area contributed by atoms with Crippen molar-refractivity contribution in [2.24, 2.45) is 7.05 Å². The molecule has 16 heavy (non-hydrogen) atoms. The lowest BCUT2D eigenvalue weighted by molar-refractivity contribution is 0.710. The first kappa shape index (κ1) is 10.4. The van der Waals surface area contributed by atoms with Crippen molar-refractivity contribution in [2.45, 2.75) is 12.8 Å². The van der Waals surface area contributed by atoms with E-state index in [1.165, 1.54) is 0 Å². The summed E-state index contributed by atoms with van der Waals surface area (Å²) in [6, 6.07) is 14.3. The third-order valence-corrected chi connectivity index (χ3v) is 2.54.